The topological polar surface area (TPSA) is 116 Å². The number of hydrogen-bond acceptors (Lipinski definition) is 8. The highest BCUT2D eigenvalue weighted by atomic mass is 32.1. The van der Waals surface area contributed by atoms with Gasteiger partial charge in [0, 0.05) is 11.8 Å². The van der Waals surface area contributed by atoms with Gasteiger partial charge in [-0.2, -0.15) is 0 Å². The van der Waals surface area contributed by atoms with Crippen molar-refractivity contribution < 1.29 is 9.84 Å². The average molecular weight is 361 g/mol. The summed E-state index contributed by atoms with van der Waals surface area (Å²) in [7, 11) is 1.60. The molecule has 24 heavy (non-hydrogen) atoms. The van der Waals surface area contributed by atoms with Crippen molar-refractivity contribution in [2.75, 3.05) is 7.11 Å². The van der Waals surface area contributed by atoms with Crippen LogP contribution in [-0.2, 0) is 0 Å². The van der Waals surface area contributed by atoms with Crippen LogP contribution >= 0.6 is 23.6 Å². The lowest BCUT2D eigenvalue weighted by atomic mass is 10.2. The average Bonchev–Trinajstić information content (AvgIpc) is 3.03. The van der Waals surface area contributed by atoms with Crippen molar-refractivity contribution >= 4 is 34.9 Å². The fraction of sp³-hybridized carbons (Fsp3) is 0.0714. The Morgan fingerprint density at radius 3 is 2.71 bits per heavy atom. The van der Waals surface area contributed by atoms with Gasteiger partial charge in [-0.3, -0.25) is 9.78 Å². The summed E-state index contributed by atoms with van der Waals surface area (Å²) in [6, 6.07) is 7.37. The summed E-state index contributed by atoms with van der Waals surface area (Å²) >= 11 is 6.00. The highest BCUT2D eigenvalue weighted by Gasteiger charge is 2.08. The fourth-order valence-corrected chi connectivity index (χ4v) is 2.73. The number of aromatic hydroxyl groups is 1. The SMILES string of the molecule is COc1ccc(-c2nnc(N=Cc3c(O)[nH]c(=S)[nH]c3=O)s2)cc1. The van der Waals surface area contributed by atoms with Crippen LogP contribution in [0.15, 0.2) is 34.1 Å². The lowest BCUT2D eigenvalue weighted by Gasteiger charge is -1.99. The van der Waals surface area contributed by atoms with Gasteiger partial charge in [0.15, 0.2) is 4.77 Å². The predicted molar refractivity (Wildman–Crippen MR) is 93.1 cm³/mol. The Bertz CT molecular complexity index is 1000. The molecule has 2 aromatic heterocycles. The maximum Gasteiger partial charge on any atom is 0.264 e. The van der Waals surface area contributed by atoms with Crippen LogP contribution in [0.5, 0.6) is 11.6 Å². The van der Waals surface area contributed by atoms with Crippen LogP contribution in [0.4, 0.5) is 5.13 Å². The smallest absolute Gasteiger partial charge is 0.264 e. The van der Waals surface area contributed by atoms with Crippen molar-refractivity contribution in [1.82, 2.24) is 20.2 Å². The minimum atomic E-state index is -0.542. The molecule has 0 aliphatic heterocycles. The molecule has 0 unspecified atom stereocenters. The Kier molecular flexibility index (Phi) is 4.49. The van der Waals surface area contributed by atoms with E-state index < -0.39 is 5.56 Å². The molecule has 0 saturated carbocycles. The van der Waals surface area contributed by atoms with E-state index in [2.05, 4.69) is 25.2 Å². The van der Waals surface area contributed by atoms with Gasteiger partial charge >= 0.3 is 0 Å². The van der Waals surface area contributed by atoms with E-state index >= 15 is 0 Å². The highest BCUT2D eigenvalue weighted by molar-refractivity contribution is 7.71. The molecule has 122 valence electrons. The molecule has 0 aliphatic carbocycles. The van der Waals surface area contributed by atoms with E-state index in [1.807, 2.05) is 24.3 Å². The van der Waals surface area contributed by atoms with Crippen LogP contribution in [0.2, 0.25) is 0 Å². The second-order valence-corrected chi connectivity index (χ2v) is 5.91. The van der Waals surface area contributed by atoms with E-state index in [0.29, 0.717) is 10.1 Å². The summed E-state index contributed by atoms with van der Waals surface area (Å²) in [5, 5.41) is 18.7. The molecule has 0 aliphatic rings. The first-order valence-electron chi connectivity index (χ1n) is 6.64. The normalized spacial score (nSPS) is 11.0. The first-order valence-corrected chi connectivity index (χ1v) is 7.87. The van der Waals surface area contributed by atoms with Crippen LogP contribution in [0.3, 0.4) is 0 Å². The molecule has 2 heterocycles. The van der Waals surface area contributed by atoms with Crippen LogP contribution in [-0.4, -0.2) is 38.6 Å². The Balaban J connectivity index is 1.86. The third-order valence-corrected chi connectivity index (χ3v) is 4.10. The number of nitrogens with one attached hydrogen (secondary N) is 2. The number of aliphatic imine (C=N–C) groups is 1. The molecule has 3 N–H and O–H groups in total. The number of aromatic nitrogens is 4. The molecule has 0 fully saturated rings. The molecule has 0 atom stereocenters. The van der Waals surface area contributed by atoms with Crippen LogP contribution in [0, 0.1) is 4.77 Å². The van der Waals surface area contributed by atoms with Crippen LogP contribution < -0.4 is 10.3 Å². The van der Waals surface area contributed by atoms with Crippen molar-refractivity contribution in [1.29, 1.82) is 0 Å². The summed E-state index contributed by atoms with van der Waals surface area (Å²) in [6.07, 6.45) is 1.21. The minimum Gasteiger partial charge on any atom is -0.497 e. The lowest BCUT2D eigenvalue weighted by Crippen LogP contribution is -2.13. The van der Waals surface area contributed by atoms with Crippen LogP contribution in [0.1, 0.15) is 5.56 Å². The maximum atomic E-state index is 11.7. The number of methoxy groups -OCH3 is 1. The molecule has 8 nitrogen and oxygen atoms in total. The Morgan fingerprint density at radius 2 is 2.04 bits per heavy atom. The predicted octanol–water partition coefficient (Wildman–Crippen LogP) is 2.42. The Morgan fingerprint density at radius 1 is 1.29 bits per heavy atom. The molecular weight excluding hydrogens is 350 g/mol. The van der Waals surface area contributed by atoms with Crippen molar-refractivity contribution in [2.45, 2.75) is 0 Å². The molecule has 0 bridgehead atoms. The third-order valence-electron chi connectivity index (χ3n) is 3.01. The van der Waals surface area contributed by atoms with Gasteiger partial charge in [0.2, 0.25) is 11.0 Å². The summed E-state index contributed by atoms with van der Waals surface area (Å²) in [5.41, 5.74) is 0.295. The van der Waals surface area contributed by atoms with Crippen molar-refractivity contribution in [2.24, 2.45) is 4.99 Å². The van der Waals surface area contributed by atoms with Gasteiger partial charge in [-0.15, -0.1) is 10.2 Å². The van der Waals surface area contributed by atoms with Crippen LogP contribution in [0.25, 0.3) is 10.6 Å². The van der Waals surface area contributed by atoms with Crippen molar-refractivity contribution in [3.8, 4) is 22.2 Å². The van der Waals surface area contributed by atoms with Gasteiger partial charge in [0.05, 0.1) is 7.11 Å². The summed E-state index contributed by atoms with van der Waals surface area (Å²) in [5.74, 6) is 0.394. The molecule has 3 aromatic rings. The Labute approximate surface area is 144 Å². The summed E-state index contributed by atoms with van der Waals surface area (Å²) < 4.78 is 5.14. The van der Waals surface area contributed by atoms with E-state index in [-0.39, 0.29) is 16.2 Å². The first-order chi connectivity index (χ1) is 11.6. The van der Waals surface area contributed by atoms with Crippen molar-refractivity contribution in [3.05, 3.63) is 45.0 Å². The number of nitrogens with zero attached hydrogens (tertiary/aromatic N) is 3. The third kappa shape index (κ3) is 3.39. The zero-order valence-corrected chi connectivity index (χ0v) is 13.9. The van der Waals surface area contributed by atoms with E-state index in [1.54, 1.807) is 7.11 Å². The number of hydrogen-bond donors (Lipinski definition) is 3. The summed E-state index contributed by atoms with van der Waals surface area (Å²) in [4.78, 5) is 20.6. The fourth-order valence-electron chi connectivity index (χ4n) is 1.84. The van der Waals surface area contributed by atoms with E-state index in [1.165, 1.54) is 17.6 Å². The number of ether oxygens (including phenoxy) is 1. The number of benzene rings is 1. The summed E-state index contributed by atoms with van der Waals surface area (Å²) in [6.45, 7) is 0. The van der Waals surface area contributed by atoms with Gasteiger partial charge in [0.1, 0.15) is 16.3 Å². The largest absolute Gasteiger partial charge is 0.497 e. The molecular formula is C14H11N5O3S2. The van der Waals surface area contributed by atoms with E-state index in [0.717, 1.165) is 11.3 Å². The zero-order chi connectivity index (χ0) is 17.1. The number of rotatable bonds is 4. The number of H-pyrrole nitrogens is 2. The molecule has 0 saturated heterocycles. The maximum absolute atomic E-state index is 11.7. The second-order valence-electron chi connectivity index (χ2n) is 4.55. The molecule has 0 radical (unpaired) electrons. The van der Waals surface area contributed by atoms with Crippen molar-refractivity contribution in [3.63, 3.8) is 0 Å². The Hall–Kier alpha value is -2.85. The molecule has 1 aromatic carbocycles. The molecule has 0 amide bonds. The minimum absolute atomic E-state index is 0.0346. The first kappa shape index (κ1) is 16.0. The van der Waals surface area contributed by atoms with E-state index in [4.69, 9.17) is 17.0 Å². The van der Waals surface area contributed by atoms with Gasteiger partial charge in [-0.05, 0) is 36.5 Å². The quantitative estimate of drug-likeness (QED) is 0.485. The monoisotopic (exact) mass is 361 g/mol. The standard InChI is InChI=1S/C14H11N5O3S2/c1-22-8-4-2-7(3-5-8)12-18-19-14(24-12)15-6-9-10(20)16-13(23)17-11(9)21/h2-6H,1H3,(H3,16,17,20,21,23). The van der Waals surface area contributed by atoms with Gasteiger partial charge in [-0.25, -0.2) is 4.99 Å². The zero-order valence-electron chi connectivity index (χ0n) is 12.3. The van der Waals surface area contributed by atoms with E-state index in [9.17, 15) is 9.90 Å². The molecule has 10 heteroatoms. The highest BCUT2D eigenvalue weighted by Crippen LogP contribution is 2.29. The van der Waals surface area contributed by atoms with Gasteiger partial charge in [-0.1, -0.05) is 11.3 Å². The van der Waals surface area contributed by atoms with Gasteiger partial charge in [0.25, 0.3) is 5.56 Å². The number of aromatic amines is 2. The molecule has 0 spiro atoms. The molecule has 3 rings (SSSR count). The lowest BCUT2D eigenvalue weighted by molar-refractivity contribution is 0.415. The van der Waals surface area contributed by atoms with Gasteiger partial charge < -0.3 is 14.8 Å². The second kappa shape index (κ2) is 6.72.